The Balaban J connectivity index is 2.79. The molecular formula is C15H19F2NO4. The molecule has 1 aromatic rings. The summed E-state index contributed by atoms with van der Waals surface area (Å²) in [5.74, 6) is -3.67. The van der Waals surface area contributed by atoms with Crippen molar-refractivity contribution < 1.29 is 28.2 Å². The van der Waals surface area contributed by atoms with Gasteiger partial charge in [-0.3, -0.25) is 9.59 Å². The van der Waals surface area contributed by atoms with E-state index < -0.39 is 36.2 Å². The summed E-state index contributed by atoms with van der Waals surface area (Å²) in [6, 6.07) is 2.93. The Morgan fingerprint density at radius 3 is 2.36 bits per heavy atom. The van der Waals surface area contributed by atoms with Gasteiger partial charge in [-0.25, -0.2) is 8.78 Å². The molecule has 0 aromatic heterocycles. The first-order valence-electron chi connectivity index (χ1n) is 6.83. The molecule has 122 valence electrons. The maximum Gasteiger partial charge on any atom is 0.323 e. The average Bonchev–Trinajstić information content (AvgIpc) is 2.40. The molecule has 22 heavy (non-hydrogen) atoms. The molecule has 0 bridgehead atoms. The predicted molar refractivity (Wildman–Crippen MR) is 75.5 cm³/mol. The second kappa shape index (κ2) is 7.72. The van der Waals surface area contributed by atoms with Crippen LogP contribution in [0.2, 0.25) is 0 Å². The highest BCUT2D eigenvalue weighted by molar-refractivity contribution is 5.84. The molecule has 7 heteroatoms. The number of halogens is 2. The predicted octanol–water partition coefficient (Wildman–Crippen LogP) is 2.30. The number of carbonyl (C=O) groups excluding carboxylic acids is 1. The Kier molecular flexibility index (Phi) is 6.27. The lowest BCUT2D eigenvalue weighted by Crippen LogP contribution is -2.44. The van der Waals surface area contributed by atoms with Crippen LogP contribution in [0.3, 0.4) is 0 Å². The normalized spacial score (nSPS) is 12.1. The molecule has 0 aliphatic rings. The van der Waals surface area contributed by atoms with E-state index in [1.54, 1.807) is 0 Å². The summed E-state index contributed by atoms with van der Waals surface area (Å²) in [5, 5.41) is 8.86. The molecule has 1 amide bonds. The van der Waals surface area contributed by atoms with Crippen LogP contribution >= 0.6 is 0 Å². The van der Waals surface area contributed by atoms with Crippen molar-refractivity contribution in [3.05, 3.63) is 29.8 Å². The van der Waals surface area contributed by atoms with Gasteiger partial charge >= 0.3 is 5.97 Å². The molecule has 0 spiro atoms. The van der Waals surface area contributed by atoms with Crippen LogP contribution in [-0.2, 0) is 9.59 Å². The number of aliphatic carboxylic acids is 1. The van der Waals surface area contributed by atoms with Crippen LogP contribution in [0.1, 0.15) is 20.8 Å². The fourth-order valence-corrected chi connectivity index (χ4v) is 1.90. The zero-order chi connectivity index (χ0) is 16.9. The van der Waals surface area contributed by atoms with Crippen molar-refractivity contribution in [1.82, 2.24) is 4.90 Å². The zero-order valence-corrected chi connectivity index (χ0v) is 12.7. The van der Waals surface area contributed by atoms with Gasteiger partial charge in [0.25, 0.3) is 5.91 Å². The van der Waals surface area contributed by atoms with Gasteiger partial charge in [-0.15, -0.1) is 0 Å². The Hall–Kier alpha value is -2.18. The SMILES string of the molecule is CC(C)CN(CC(=O)O)C(=O)C(C)Oc1ccc(F)c(F)c1. The number of carboxylic acid groups (broad SMARTS) is 1. The third-order valence-electron chi connectivity index (χ3n) is 2.78. The minimum Gasteiger partial charge on any atom is -0.481 e. The number of amides is 1. The average molecular weight is 315 g/mol. The topological polar surface area (TPSA) is 66.8 Å². The van der Waals surface area contributed by atoms with Gasteiger partial charge in [-0.2, -0.15) is 0 Å². The van der Waals surface area contributed by atoms with Crippen molar-refractivity contribution in [2.45, 2.75) is 26.9 Å². The largest absolute Gasteiger partial charge is 0.481 e. The lowest BCUT2D eigenvalue weighted by Gasteiger charge is -2.26. The lowest BCUT2D eigenvalue weighted by atomic mass is 10.2. The Morgan fingerprint density at radius 2 is 1.86 bits per heavy atom. The van der Waals surface area contributed by atoms with Crippen LogP contribution in [0, 0.1) is 17.6 Å². The summed E-state index contributed by atoms with van der Waals surface area (Å²) in [6.45, 7) is 4.95. The molecule has 0 radical (unpaired) electrons. The first-order chi connectivity index (χ1) is 10.2. The number of nitrogens with zero attached hydrogens (tertiary/aromatic N) is 1. The van der Waals surface area contributed by atoms with E-state index in [4.69, 9.17) is 9.84 Å². The third-order valence-corrected chi connectivity index (χ3v) is 2.78. The van der Waals surface area contributed by atoms with Gasteiger partial charge in [-0.05, 0) is 25.0 Å². The number of carboxylic acids is 1. The van der Waals surface area contributed by atoms with Crippen LogP contribution in [0.25, 0.3) is 0 Å². The molecule has 0 aliphatic carbocycles. The van der Waals surface area contributed by atoms with Crippen molar-refractivity contribution in [3.8, 4) is 5.75 Å². The third kappa shape index (κ3) is 5.31. The Morgan fingerprint density at radius 1 is 1.23 bits per heavy atom. The van der Waals surface area contributed by atoms with Gasteiger partial charge < -0.3 is 14.7 Å². The number of hydrogen-bond donors (Lipinski definition) is 1. The smallest absolute Gasteiger partial charge is 0.323 e. The van der Waals surface area contributed by atoms with Crippen LogP contribution in [-0.4, -0.2) is 41.1 Å². The minimum atomic E-state index is -1.13. The maximum absolute atomic E-state index is 13.1. The molecule has 0 saturated heterocycles. The molecule has 0 aliphatic heterocycles. The highest BCUT2D eigenvalue weighted by Gasteiger charge is 2.24. The number of ether oxygens (including phenoxy) is 1. The van der Waals surface area contributed by atoms with Gasteiger partial charge in [0.15, 0.2) is 17.7 Å². The second-order valence-corrected chi connectivity index (χ2v) is 5.34. The zero-order valence-electron chi connectivity index (χ0n) is 12.7. The van der Waals surface area contributed by atoms with Crippen molar-refractivity contribution in [3.63, 3.8) is 0 Å². The summed E-state index contributed by atoms with van der Waals surface area (Å²) in [4.78, 5) is 24.2. The molecular weight excluding hydrogens is 296 g/mol. The first-order valence-corrected chi connectivity index (χ1v) is 6.83. The molecule has 0 saturated carbocycles. The van der Waals surface area contributed by atoms with Crippen molar-refractivity contribution in [1.29, 1.82) is 0 Å². The molecule has 0 fully saturated rings. The van der Waals surface area contributed by atoms with Gasteiger partial charge in [0.1, 0.15) is 12.3 Å². The van der Waals surface area contributed by atoms with E-state index in [1.165, 1.54) is 13.0 Å². The van der Waals surface area contributed by atoms with Crippen molar-refractivity contribution in [2.75, 3.05) is 13.1 Å². The maximum atomic E-state index is 13.1. The van der Waals surface area contributed by atoms with E-state index in [1.807, 2.05) is 13.8 Å². The van der Waals surface area contributed by atoms with E-state index in [-0.39, 0.29) is 18.2 Å². The highest BCUT2D eigenvalue weighted by atomic mass is 19.2. The van der Waals surface area contributed by atoms with Crippen LogP contribution in [0.5, 0.6) is 5.75 Å². The lowest BCUT2D eigenvalue weighted by molar-refractivity contribution is -0.147. The molecule has 1 N–H and O–H groups in total. The summed E-state index contributed by atoms with van der Waals surface area (Å²) >= 11 is 0. The fraction of sp³-hybridized carbons (Fsp3) is 0.467. The minimum absolute atomic E-state index is 0.000396. The van der Waals surface area contributed by atoms with Crippen molar-refractivity contribution >= 4 is 11.9 Å². The quantitative estimate of drug-likeness (QED) is 0.838. The summed E-state index contributed by atoms with van der Waals surface area (Å²) in [6.07, 6.45) is -1.01. The van der Waals surface area contributed by atoms with E-state index in [0.717, 1.165) is 17.0 Å². The van der Waals surface area contributed by atoms with Crippen LogP contribution < -0.4 is 4.74 Å². The van der Waals surface area contributed by atoms with Gasteiger partial charge in [-0.1, -0.05) is 13.8 Å². The monoisotopic (exact) mass is 315 g/mol. The standard InChI is InChI=1S/C15H19F2NO4/c1-9(2)7-18(8-14(19)20)15(21)10(3)22-11-4-5-12(16)13(17)6-11/h4-6,9-10H,7-8H2,1-3H3,(H,19,20). The number of hydrogen-bond acceptors (Lipinski definition) is 3. The molecule has 5 nitrogen and oxygen atoms in total. The van der Waals surface area contributed by atoms with Crippen molar-refractivity contribution in [2.24, 2.45) is 5.92 Å². The van der Waals surface area contributed by atoms with E-state index in [0.29, 0.717) is 0 Å². The second-order valence-electron chi connectivity index (χ2n) is 5.34. The molecule has 0 heterocycles. The summed E-state index contributed by atoms with van der Waals surface area (Å²) < 4.78 is 31.2. The number of carbonyl (C=O) groups is 2. The van der Waals surface area contributed by atoms with E-state index in [9.17, 15) is 18.4 Å². The number of rotatable bonds is 7. The van der Waals surface area contributed by atoms with E-state index >= 15 is 0 Å². The van der Waals surface area contributed by atoms with Gasteiger partial charge in [0.05, 0.1) is 0 Å². The fourth-order valence-electron chi connectivity index (χ4n) is 1.90. The number of benzene rings is 1. The molecule has 1 unspecified atom stereocenters. The highest BCUT2D eigenvalue weighted by Crippen LogP contribution is 2.17. The first kappa shape index (κ1) is 17.9. The van der Waals surface area contributed by atoms with Crippen LogP contribution in [0.4, 0.5) is 8.78 Å². The van der Waals surface area contributed by atoms with Crippen LogP contribution in [0.15, 0.2) is 18.2 Å². The molecule has 1 aromatic carbocycles. The van der Waals surface area contributed by atoms with Gasteiger partial charge in [0, 0.05) is 12.6 Å². The Bertz CT molecular complexity index is 548. The summed E-state index contributed by atoms with van der Waals surface area (Å²) in [7, 11) is 0. The Labute approximate surface area is 127 Å². The molecule has 1 rings (SSSR count). The molecule has 1 atom stereocenters. The van der Waals surface area contributed by atoms with Gasteiger partial charge in [0.2, 0.25) is 0 Å². The van der Waals surface area contributed by atoms with E-state index in [2.05, 4.69) is 0 Å². The summed E-state index contributed by atoms with van der Waals surface area (Å²) in [5.41, 5.74) is 0.